The summed E-state index contributed by atoms with van der Waals surface area (Å²) in [5.41, 5.74) is 1.04. The van der Waals surface area contributed by atoms with Gasteiger partial charge in [-0.1, -0.05) is 6.07 Å². The molecule has 1 heterocycles. The molecule has 75 valence electrons. The van der Waals surface area contributed by atoms with Gasteiger partial charge in [-0.25, -0.2) is 5.32 Å². The Morgan fingerprint density at radius 1 is 1.29 bits per heavy atom. The lowest BCUT2D eigenvalue weighted by Gasteiger charge is -2.08. The molecular formula is C11H14NO2. The molecule has 0 saturated carbocycles. The Morgan fingerprint density at radius 3 is 2.79 bits per heavy atom. The molecule has 1 aliphatic heterocycles. The third-order valence-electron chi connectivity index (χ3n) is 2.59. The molecule has 1 fully saturated rings. The summed E-state index contributed by atoms with van der Waals surface area (Å²) in [5.74, 6) is -0.0994. The maximum Gasteiger partial charge on any atom is 0.157 e. The van der Waals surface area contributed by atoms with Crippen molar-refractivity contribution in [1.82, 2.24) is 5.32 Å². The van der Waals surface area contributed by atoms with E-state index in [1.54, 1.807) is 6.07 Å². The van der Waals surface area contributed by atoms with Crippen LogP contribution in [0, 0.1) is 0 Å². The molecule has 0 aliphatic carbocycles. The van der Waals surface area contributed by atoms with Crippen LogP contribution in [0.15, 0.2) is 18.2 Å². The minimum Gasteiger partial charge on any atom is -0.504 e. The monoisotopic (exact) mass is 192 g/mol. The van der Waals surface area contributed by atoms with Crippen molar-refractivity contribution in [2.24, 2.45) is 0 Å². The van der Waals surface area contributed by atoms with E-state index in [9.17, 15) is 5.11 Å². The molecule has 1 aromatic rings. The Balaban J connectivity index is 2.05. The number of aromatic hydroxyl groups is 2. The zero-order valence-corrected chi connectivity index (χ0v) is 7.98. The first-order valence-corrected chi connectivity index (χ1v) is 4.93. The molecule has 2 rings (SSSR count). The summed E-state index contributed by atoms with van der Waals surface area (Å²) < 4.78 is 0. The SMILES string of the molecule is Oc1ccc(CC2CCC[N]2)cc1O. The third kappa shape index (κ3) is 1.99. The van der Waals surface area contributed by atoms with E-state index in [1.807, 2.05) is 6.07 Å². The van der Waals surface area contributed by atoms with Crippen molar-refractivity contribution in [3.05, 3.63) is 23.8 Å². The minimum absolute atomic E-state index is 0.0412. The second kappa shape index (κ2) is 3.88. The van der Waals surface area contributed by atoms with Crippen LogP contribution in [-0.2, 0) is 6.42 Å². The van der Waals surface area contributed by atoms with Crippen LogP contribution < -0.4 is 5.32 Å². The topological polar surface area (TPSA) is 54.6 Å². The van der Waals surface area contributed by atoms with Crippen LogP contribution in [0.3, 0.4) is 0 Å². The smallest absolute Gasteiger partial charge is 0.157 e. The molecular weight excluding hydrogens is 178 g/mol. The number of phenols is 2. The summed E-state index contributed by atoms with van der Waals surface area (Å²) in [6, 6.07) is 5.38. The summed E-state index contributed by atoms with van der Waals surface area (Å²) >= 11 is 0. The minimum atomic E-state index is -0.0582. The van der Waals surface area contributed by atoms with E-state index in [1.165, 1.54) is 12.5 Å². The average Bonchev–Trinajstić information content (AvgIpc) is 2.64. The Bertz CT molecular complexity index is 319. The van der Waals surface area contributed by atoms with Gasteiger partial charge in [-0.15, -0.1) is 0 Å². The van der Waals surface area contributed by atoms with E-state index in [0.29, 0.717) is 6.04 Å². The van der Waals surface area contributed by atoms with Crippen LogP contribution in [0.5, 0.6) is 11.5 Å². The predicted molar refractivity (Wildman–Crippen MR) is 53.5 cm³/mol. The number of hydrogen-bond donors (Lipinski definition) is 2. The van der Waals surface area contributed by atoms with Crippen molar-refractivity contribution in [3.8, 4) is 11.5 Å². The molecule has 0 bridgehead atoms. The quantitative estimate of drug-likeness (QED) is 0.696. The van der Waals surface area contributed by atoms with Gasteiger partial charge in [0, 0.05) is 12.6 Å². The van der Waals surface area contributed by atoms with Gasteiger partial charge < -0.3 is 10.2 Å². The predicted octanol–water partition coefficient (Wildman–Crippen LogP) is 1.41. The second-order valence-corrected chi connectivity index (χ2v) is 3.73. The summed E-state index contributed by atoms with van der Waals surface area (Å²) in [5, 5.41) is 22.9. The van der Waals surface area contributed by atoms with Crippen LogP contribution in [-0.4, -0.2) is 22.8 Å². The maximum absolute atomic E-state index is 9.29. The van der Waals surface area contributed by atoms with E-state index >= 15 is 0 Å². The van der Waals surface area contributed by atoms with Gasteiger partial charge in [-0.2, -0.15) is 0 Å². The van der Waals surface area contributed by atoms with E-state index in [-0.39, 0.29) is 11.5 Å². The molecule has 3 heteroatoms. The van der Waals surface area contributed by atoms with E-state index in [2.05, 4.69) is 5.32 Å². The van der Waals surface area contributed by atoms with Gasteiger partial charge in [-0.3, -0.25) is 0 Å². The summed E-state index contributed by atoms with van der Waals surface area (Å²) in [4.78, 5) is 0. The van der Waals surface area contributed by atoms with Crippen molar-refractivity contribution in [1.29, 1.82) is 0 Å². The molecule has 1 atom stereocenters. The zero-order chi connectivity index (χ0) is 9.97. The first kappa shape index (κ1) is 9.34. The van der Waals surface area contributed by atoms with Crippen LogP contribution >= 0.6 is 0 Å². The highest BCUT2D eigenvalue weighted by Crippen LogP contribution is 2.26. The maximum atomic E-state index is 9.29. The third-order valence-corrected chi connectivity index (χ3v) is 2.59. The van der Waals surface area contributed by atoms with E-state index < -0.39 is 0 Å². The number of benzene rings is 1. The molecule has 0 aromatic heterocycles. The summed E-state index contributed by atoms with van der Waals surface area (Å²) in [6.07, 6.45) is 3.18. The van der Waals surface area contributed by atoms with Gasteiger partial charge in [0.05, 0.1) is 0 Å². The van der Waals surface area contributed by atoms with Crippen LogP contribution in [0.25, 0.3) is 0 Å². The fraction of sp³-hybridized carbons (Fsp3) is 0.455. The lowest BCUT2D eigenvalue weighted by Crippen LogP contribution is -2.16. The number of rotatable bonds is 2. The summed E-state index contributed by atoms with van der Waals surface area (Å²) in [6.45, 7) is 0.967. The van der Waals surface area contributed by atoms with Crippen molar-refractivity contribution < 1.29 is 10.2 Å². The highest BCUT2D eigenvalue weighted by Gasteiger charge is 2.16. The van der Waals surface area contributed by atoms with E-state index in [4.69, 9.17) is 5.11 Å². The molecule has 1 aliphatic rings. The first-order chi connectivity index (χ1) is 6.75. The summed E-state index contributed by atoms with van der Waals surface area (Å²) in [7, 11) is 0. The molecule has 1 aromatic carbocycles. The highest BCUT2D eigenvalue weighted by molar-refractivity contribution is 5.40. The van der Waals surface area contributed by atoms with Crippen molar-refractivity contribution in [2.45, 2.75) is 25.3 Å². The molecule has 0 spiro atoms. The molecule has 14 heavy (non-hydrogen) atoms. The Labute approximate surface area is 83.4 Å². The van der Waals surface area contributed by atoms with Crippen LogP contribution in [0.1, 0.15) is 18.4 Å². The van der Waals surface area contributed by atoms with Crippen molar-refractivity contribution in [2.75, 3.05) is 6.54 Å². The van der Waals surface area contributed by atoms with Crippen LogP contribution in [0.2, 0.25) is 0 Å². The zero-order valence-electron chi connectivity index (χ0n) is 7.98. The molecule has 1 unspecified atom stereocenters. The molecule has 1 saturated heterocycles. The van der Waals surface area contributed by atoms with Gasteiger partial charge in [0.15, 0.2) is 11.5 Å². The molecule has 2 N–H and O–H groups in total. The largest absolute Gasteiger partial charge is 0.504 e. The standard InChI is InChI=1S/C11H14NO2/c13-10-4-3-8(7-11(10)14)6-9-2-1-5-12-9/h3-4,7,9,13-14H,1-2,5-6H2. The fourth-order valence-corrected chi connectivity index (χ4v) is 1.83. The van der Waals surface area contributed by atoms with Gasteiger partial charge in [-0.05, 0) is 37.0 Å². The number of hydrogen-bond acceptors (Lipinski definition) is 2. The number of phenolic OH excluding ortho intramolecular Hbond substituents is 2. The van der Waals surface area contributed by atoms with E-state index in [0.717, 1.165) is 24.9 Å². The Morgan fingerprint density at radius 2 is 2.14 bits per heavy atom. The van der Waals surface area contributed by atoms with Crippen molar-refractivity contribution in [3.63, 3.8) is 0 Å². The van der Waals surface area contributed by atoms with Crippen LogP contribution in [0.4, 0.5) is 0 Å². The van der Waals surface area contributed by atoms with Gasteiger partial charge in [0.2, 0.25) is 0 Å². The molecule has 3 nitrogen and oxygen atoms in total. The average molecular weight is 192 g/mol. The normalized spacial score (nSPS) is 21.3. The van der Waals surface area contributed by atoms with Gasteiger partial charge in [0.25, 0.3) is 0 Å². The van der Waals surface area contributed by atoms with Gasteiger partial charge >= 0.3 is 0 Å². The van der Waals surface area contributed by atoms with Gasteiger partial charge in [0.1, 0.15) is 0 Å². The first-order valence-electron chi connectivity index (χ1n) is 4.93. The molecule has 1 radical (unpaired) electrons. The molecule has 0 amide bonds. The Kier molecular flexibility index (Phi) is 2.59. The fourth-order valence-electron chi connectivity index (χ4n) is 1.83. The highest BCUT2D eigenvalue weighted by atomic mass is 16.3. The second-order valence-electron chi connectivity index (χ2n) is 3.73. The van der Waals surface area contributed by atoms with Crippen molar-refractivity contribution >= 4 is 0 Å². The Hall–Kier alpha value is -1.22. The lowest BCUT2D eigenvalue weighted by molar-refractivity contribution is 0.403. The number of nitrogens with zero attached hydrogens (tertiary/aromatic N) is 1. The lowest BCUT2D eigenvalue weighted by atomic mass is 10.0.